The molecule has 1 amide bonds. The number of likely N-dealkylation sites (tertiary alicyclic amines) is 1. The Bertz CT molecular complexity index is 580. The van der Waals surface area contributed by atoms with Crippen molar-refractivity contribution in [1.82, 2.24) is 20.9 Å². The lowest BCUT2D eigenvalue weighted by Crippen LogP contribution is -2.60. The fraction of sp³-hybridized carbons (Fsp3) is 0.960. The number of amides is 1. The van der Waals surface area contributed by atoms with Crippen molar-refractivity contribution in [2.24, 2.45) is 17.3 Å². The van der Waals surface area contributed by atoms with Crippen LogP contribution in [0.3, 0.4) is 0 Å². The van der Waals surface area contributed by atoms with Crippen LogP contribution in [0.4, 0.5) is 0 Å². The van der Waals surface area contributed by atoms with Gasteiger partial charge in [0.05, 0.1) is 6.17 Å². The molecule has 5 nitrogen and oxygen atoms in total. The van der Waals surface area contributed by atoms with Crippen molar-refractivity contribution >= 4 is 5.91 Å². The third-order valence-corrected chi connectivity index (χ3v) is 8.73. The molecular formula is C25H46N4O. The zero-order valence-corrected chi connectivity index (χ0v) is 19.9. The maximum absolute atomic E-state index is 12.2. The molecule has 0 radical (unpaired) electrons. The van der Waals surface area contributed by atoms with Crippen molar-refractivity contribution in [2.75, 3.05) is 13.1 Å². The molecule has 0 aromatic rings. The largest absolute Gasteiger partial charge is 0.338 e. The highest BCUT2D eigenvalue weighted by molar-refractivity contribution is 5.74. The number of carbonyl (C=O) groups is 1. The van der Waals surface area contributed by atoms with Crippen LogP contribution in [0.25, 0.3) is 0 Å². The molecule has 0 spiro atoms. The first-order valence-corrected chi connectivity index (χ1v) is 12.8. The van der Waals surface area contributed by atoms with Gasteiger partial charge in [0.1, 0.15) is 0 Å². The fourth-order valence-electron chi connectivity index (χ4n) is 6.97. The van der Waals surface area contributed by atoms with Gasteiger partial charge in [0, 0.05) is 37.6 Å². The summed E-state index contributed by atoms with van der Waals surface area (Å²) in [7, 11) is 0. The molecule has 2 aliphatic heterocycles. The maximum Gasteiger partial charge on any atom is 0.219 e. The summed E-state index contributed by atoms with van der Waals surface area (Å²) >= 11 is 0. The van der Waals surface area contributed by atoms with E-state index in [-0.39, 0.29) is 5.91 Å². The number of hydrogen-bond acceptors (Lipinski definition) is 4. The van der Waals surface area contributed by atoms with Gasteiger partial charge in [-0.05, 0) is 81.6 Å². The lowest BCUT2D eigenvalue weighted by atomic mass is 9.71. The zero-order chi connectivity index (χ0) is 21.3. The minimum absolute atomic E-state index is 0.270. The van der Waals surface area contributed by atoms with Crippen molar-refractivity contribution < 1.29 is 4.79 Å². The molecule has 2 saturated heterocycles. The number of piperidine rings is 1. The Morgan fingerprint density at radius 3 is 2.40 bits per heavy atom. The van der Waals surface area contributed by atoms with Gasteiger partial charge in [0.2, 0.25) is 5.91 Å². The van der Waals surface area contributed by atoms with Gasteiger partial charge >= 0.3 is 0 Å². The predicted octanol–water partition coefficient (Wildman–Crippen LogP) is 3.64. The van der Waals surface area contributed by atoms with Gasteiger partial charge < -0.3 is 15.5 Å². The molecule has 0 aromatic heterocycles. The third-order valence-electron chi connectivity index (χ3n) is 8.73. The van der Waals surface area contributed by atoms with E-state index in [1.54, 1.807) is 6.92 Å². The quantitative estimate of drug-likeness (QED) is 0.652. The monoisotopic (exact) mass is 418 g/mol. The second-order valence-corrected chi connectivity index (χ2v) is 11.8. The summed E-state index contributed by atoms with van der Waals surface area (Å²) in [4.78, 5) is 14.3. The Hall–Kier alpha value is -0.650. The zero-order valence-electron chi connectivity index (χ0n) is 19.9. The molecule has 172 valence electrons. The fourth-order valence-corrected chi connectivity index (χ4v) is 6.97. The average molecular weight is 419 g/mol. The van der Waals surface area contributed by atoms with Gasteiger partial charge in [-0.15, -0.1) is 0 Å². The third kappa shape index (κ3) is 5.21. The van der Waals surface area contributed by atoms with Crippen molar-refractivity contribution in [3.63, 3.8) is 0 Å². The van der Waals surface area contributed by atoms with Crippen LogP contribution >= 0.6 is 0 Å². The Labute approximate surface area is 184 Å². The summed E-state index contributed by atoms with van der Waals surface area (Å²) < 4.78 is 0. The molecule has 4 aliphatic rings. The minimum Gasteiger partial charge on any atom is -0.338 e. The molecule has 4 fully saturated rings. The molecule has 5 unspecified atom stereocenters. The van der Waals surface area contributed by atoms with Crippen LogP contribution in [0, 0.1) is 17.3 Å². The van der Waals surface area contributed by atoms with Gasteiger partial charge in [0.25, 0.3) is 0 Å². The van der Waals surface area contributed by atoms with Crippen LogP contribution in [0.5, 0.6) is 0 Å². The molecular weight excluding hydrogens is 372 g/mol. The van der Waals surface area contributed by atoms with E-state index < -0.39 is 0 Å². The van der Waals surface area contributed by atoms with E-state index >= 15 is 0 Å². The summed E-state index contributed by atoms with van der Waals surface area (Å²) in [6, 6.07) is 2.15. The molecule has 2 aliphatic carbocycles. The SMILES string of the molecule is CC(=O)N1CCC2CCCC(NC3CCNC(NC4CCC(C(C)(C)C)CC4)C3)C21. The van der Waals surface area contributed by atoms with E-state index in [1.807, 2.05) is 0 Å². The molecule has 30 heavy (non-hydrogen) atoms. The summed E-state index contributed by atoms with van der Waals surface area (Å²) in [6.45, 7) is 11.0. The molecule has 5 atom stereocenters. The van der Waals surface area contributed by atoms with Gasteiger partial charge in [-0.3, -0.25) is 10.1 Å². The van der Waals surface area contributed by atoms with Crippen LogP contribution in [-0.4, -0.2) is 54.2 Å². The molecule has 0 bridgehead atoms. The standard InChI is InChI=1S/C25H46N4O/c1-17(30)29-15-13-18-6-5-7-22(24(18)29)27-21-12-14-26-23(16-21)28-20-10-8-19(9-11-20)25(2,3)4/h18-24,26-28H,5-16H2,1-4H3. The highest BCUT2D eigenvalue weighted by atomic mass is 16.2. The number of nitrogens with one attached hydrogen (secondary N) is 3. The van der Waals surface area contributed by atoms with Gasteiger partial charge in [0.15, 0.2) is 0 Å². The second kappa shape index (κ2) is 9.46. The lowest BCUT2D eigenvalue weighted by Gasteiger charge is -2.43. The maximum atomic E-state index is 12.2. The first-order chi connectivity index (χ1) is 14.3. The highest BCUT2D eigenvalue weighted by Gasteiger charge is 2.43. The highest BCUT2D eigenvalue weighted by Crippen LogP contribution is 2.38. The Morgan fingerprint density at radius 1 is 0.933 bits per heavy atom. The van der Waals surface area contributed by atoms with E-state index in [2.05, 4.69) is 41.6 Å². The number of carbonyl (C=O) groups excluding carboxylic acids is 1. The Kier molecular flexibility index (Phi) is 7.11. The molecule has 4 rings (SSSR count). The number of fused-ring (bicyclic) bond motifs is 1. The molecule has 2 heterocycles. The van der Waals surface area contributed by atoms with E-state index in [0.717, 1.165) is 25.4 Å². The smallest absolute Gasteiger partial charge is 0.219 e. The number of hydrogen-bond donors (Lipinski definition) is 3. The minimum atomic E-state index is 0.270. The normalized spacial score (nSPS) is 40.3. The van der Waals surface area contributed by atoms with Crippen LogP contribution in [0.2, 0.25) is 0 Å². The van der Waals surface area contributed by atoms with Gasteiger partial charge in [-0.25, -0.2) is 0 Å². The van der Waals surface area contributed by atoms with Crippen molar-refractivity contribution in [3.05, 3.63) is 0 Å². The first-order valence-electron chi connectivity index (χ1n) is 12.8. The Balaban J connectivity index is 1.28. The summed E-state index contributed by atoms with van der Waals surface area (Å²) in [5.74, 6) is 1.86. The summed E-state index contributed by atoms with van der Waals surface area (Å²) in [5, 5.41) is 11.7. The van der Waals surface area contributed by atoms with Gasteiger partial charge in [-0.2, -0.15) is 0 Å². The predicted molar refractivity (Wildman–Crippen MR) is 123 cm³/mol. The molecule has 3 N–H and O–H groups in total. The van der Waals surface area contributed by atoms with Crippen LogP contribution < -0.4 is 16.0 Å². The van der Waals surface area contributed by atoms with Crippen molar-refractivity contribution in [2.45, 2.75) is 122 Å². The Morgan fingerprint density at radius 2 is 1.70 bits per heavy atom. The number of rotatable bonds is 4. The van der Waals surface area contributed by atoms with Crippen molar-refractivity contribution in [3.8, 4) is 0 Å². The molecule has 0 aromatic carbocycles. The van der Waals surface area contributed by atoms with Gasteiger partial charge in [-0.1, -0.05) is 27.2 Å². The van der Waals surface area contributed by atoms with E-state index in [9.17, 15) is 4.79 Å². The number of nitrogens with zero attached hydrogens (tertiary/aromatic N) is 1. The van der Waals surface area contributed by atoms with E-state index in [4.69, 9.17) is 0 Å². The van der Waals surface area contributed by atoms with Crippen LogP contribution in [0.15, 0.2) is 0 Å². The second-order valence-electron chi connectivity index (χ2n) is 11.8. The van der Waals surface area contributed by atoms with Crippen LogP contribution in [0.1, 0.15) is 91.9 Å². The first kappa shape index (κ1) is 22.5. The van der Waals surface area contributed by atoms with Crippen LogP contribution in [-0.2, 0) is 4.79 Å². The topological polar surface area (TPSA) is 56.4 Å². The molecule has 5 heteroatoms. The summed E-state index contributed by atoms with van der Waals surface area (Å²) in [5.41, 5.74) is 0.453. The van der Waals surface area contributed by atoms with E-state index in [0.29, 0.717) is 41.7 Å². The summed E-state index contributed by atoms with van der Waals surface area (Å²) in [6.07, 6.45) is 13.2. The average Bonchev–Trinajstić information content (AvgIpc) is 3.14. The lowest BCUT2D eigenvalue weighted by molar-refractivity contribution is -0.131. The molecule has 2 saturated carbocycles. The van der Waals surface area contributed by atoms with E-state index in [1.165, 1.54) is 57.8 Å². The van der Waals surface area contributed by atoms with Crippen molar-refractivity contribution in [1.29, 1.82) is 0 Å².